The third kappa shape index (κ3) is 324. The molecule has 0 spiro atoms. The third-order valence-electron chi connectivity index (χ3n) is 0. The summed E-state index contributed by atoms with van der Waals surface area (Å²) in [4.78, 5) is 8.56. The predicted octanol–water partition coefficient (Wildman–Crippen LogP) is -1.36. The van der Waals surface area contributed by atoms with Crippen LogP contribution >= 0.6 is 0 Å². The molecule has 0 aromatic carbocycles. The zero-order valence-corrected chi connectivity index (χ0v) is 3.01. The van der Waals surface area contributed by atoms with Crippen molar-refractivity contribution in [3.63, 3.8) is 0 Å². The summed E-state index contributed by atoms with van der Waals surface area (Å²) in [7, 11) is 0. The molecule has 0 saturated heterocycles. The quantitative estimate of drug-likeness (QED) is 0.405. The molecule has 0 aromatic heterocycles. The summed E-state index contributed by atoms with van der Waals surface area (Å²) in [5.41, 5.74) is 0. The topological polar surface area (TPSA) is 124 Å². The molecule has 0 fully saturated rings. The molecule has 0 aliphatic heterocycles. The van der Waals surface area contributed by atoms with E-state index < -0.39 is 6.16 Å². The Labute approximate surface area is 77.5 Å². The van der Waals surface area contributed by atoms with E-state index in [0.29, 0.717) is 0 Å². The molecule has 0 rings (SSSR count). The van der Waals surface area contributed by atoms with Gasteiger partial charge in [-0.2, -0.15) is 0 Å². The van der Waals surface area contributed by atoms with Crippen LogP contribution in [0.15, 0.2) is 0 Å². The SMILES string of the molecule is N.O.O=C(O)O.[SrH2]. The second kappa shape index (κ2) is 15.9. The van der Waals surface area contributed by atoms with Crippen molar-refractivity contribution >= 4 is 51.6 Å². The minimum absolute atomic E-state index is 0. The Morgan fingerprint density at radius 3 is 1.29 bits per heavy atom. The molecule has 0 unspecified atom stereocenters. The minimum atomic E-state index is -1.83. The van der Waals surface area contributed by atoms with Gasteiger partial charge in [-0.15, -0.1) is 0 Å². The van der Waals surface area contributed by atoms with Gasteiger partial charge in [0.1, 0.15) is 0 Å². The number of hydrogen-bond acceptors (Lipinski definition) is 2. The summed E-state index contributed by atoms with van der Waals surface area (Å²) < 4.78 is 0. The van der Waals surface area contributed by atoms with Gasteiger partial charge in [0, 0.05) is 0 Å². The number of carboxylic acid groups (broad SMARTS) is 2. The Balaban J connectivity index is -0.0000000150. The van der Waals surface area contributed by atoms with Gasteiger partial charge >= 0.3 is 51.6 Å². The molecular formula is CH9NO4Sr. The standard InChI is InChI=1S/CH2O3.H3N.H2O.Sr.2H/c2-1(3)4;;;;;/h(H2,2,3,4);1H3;1H2;;;. The predicted molar refractivity (Wildman–Crippen MR) is 27.8 cm³/mol. The Morgan fingerprint density at radius 2 is 1.29 bits per heavy atom. The van der Waals surface area contributed by atoms with E-state index in [9.17, 15) is 0 Å². The maximum absolute atomic E-state index is 8.56. The van der Waals surface area contributed by atoms with Gasteiger partial charge in [-0.1, -0.05) is 0 Å². The van der Waals surface area contributed by atoms with Gasteiger partial charge in [0.2, 0.25) is 0 Å². The van der Waals surface area contributed by atoms with Crippen LogP contribution in [-0.4, -0.2) is 67.3 Å². The average molecular weight is 187 g/mol. The van der Waals surface area contributed by atoms with Crippen molar-refractivity contribution in [2.24, 2.45) is 0 Å². The van der Waals surface area contributed by atoms with Crippen LogP contribution in [0.25, 0.3) is 0 Å². The van der Waals surface area contributed by atoms with Crippen molar-refractivity contribution in [2.45, 2.75) is 0 Å². The van der Waals surface area contributed by atoms with E-state index in [1.165, 1.54) is 0 Å². The zero-order chi connectivity index (χ0) is 3.58. The van der Waals surface area contributed by atoms with Crippen LogP contribution < -0.4 is 6.15 Å². The summed E-state index contributed by atoms with van der Waals surface area (Å²) >= 11 is 0. The third-order valence-corrected chi connectivity index (χ3v) is 0. The fourth-order valence-electron chi connectivity index (χ4n) is 0. The maximum atomic E-state index is 8.56. The molecule has 0 amide bonds. The fraction of sp³-hybridized carbons (Fsp3) is 0. The van der Waals surface area contributed by atoms with Gasteiger partial charge in [-0.25, -0.2) is 4.79 Å². The monoisotopic (exact) mass is 187 g/mol. The van der Waals surface area contributed by atoms with Crippen molar-refractivity contribution < 1.29 is 20.5 Å². The summed E-state index contributed by atoms with van der Waals surface area (Å²) in [6, 6.07) is 0. The van der Waals surface area contributed by atoms with Gasteiger partial charge < -0.3 is 21.8 Å². The van der Waals surface area contributed by atoms with Crippen molar-refractivity contribution in [3.05, 3.63) is 0 Å². The molecule has 0 saturated carbocycles. The van der Waals surface area contributed by atoms with Crippen molar-refractivity contribution in [1.29, 1.82) is 0 Å². The first-order valence-electron chi connectivity index (χ1n) is 0.651. The molecule has 0 atom stereocenters. The van der Waals surface area contributed by atoms with Crippen molar-refractivity contribution in [3.8, 4) is 0 Å². The Kier molecular flexibility index (Phi) is 57.6. The summed E-state index contributed by atoms with van der Waals surface area (Å²) in [6.07, 6.45) is -1.83. The van der Waals surface area contributed by atoms with Gasteiger partial charge in [-0.05, 0) is 0 Å². The summed E-state index contributed by atoms with van der Waals surface area (Å²) in [5, 5.41) is 13.9. The van der Waals surface area contributed by atoms with E-state index in [1.807, 2.05) is 0 Å². The zero-order valence-electron chi connectivity index (χ0n) is 3.01. The molecule has 5 nitrogen and oxygen atoms in total. The molecule has 7 N–H and O–H groups in total. The molecule has 0 aromatic rings. The van der Waals surface area contributed by atoms with Crippen molar-refractivity contribution in [1.82, 2.24) is 6.15 Å². The van der Waals surface area contributed by atoms with Crippen LogP contribution in [0.1, 0.15) is 0 Å². The molecule has 0 heterocycles. The van der Waals surface area contributed by atoms with Gasteiger partial charge in [0.25, 0.3) is 0 Å². The molecular weight excluding hydrogens is 178 g/mol. The van der Waals surface area contributed by atoms with Gasteiger partial charge in [0.05, 0.1) is 0 Å². The second-order valence-corrected chi connectivity index (χ2v) is 0.283. The molecule has 44 valence electrons. The van der Waals surface area contributed by atoms with E-state index in [-0.39, 0.29) is 57.1 Å². The van der Waals surface area contributed by atoms with Crippen molar-refractivity contribution in [2.75, 3.05) is 0 Å². The van der Waals surface area contributed by atoms with Gasteiger partial charge in [-0.3, -0.25) is 0 Å². The molecule has 7 heavy (non-hydrogen) atoms. The molecule has 0 aliphatic rings. The first-order valence-corrected chi connectivity index (χ1v) is 0.651. The summed E-state index contributed by atoms with van der Waals surface area (Å²) in [6.45, 7) is 0. The molecule has 0 aliphatic carbocycles. The van der Waals surface area contributed by atoms with E-state index in [2.05, 4.69) is 0 Å². The fourth-order valence-corrected chi connectivity index (χ4v) is 0. The van der Waals surface area contributed by atoms with E-state index in [0.717, 1.165) is 0 Å². The Bertz CT molecular complexity index is 34.7. The number of rotatable bonds is 0. The van der Waals surface area contributed by atoms with Crippen LogP contribution in [0.3, 0.4) is 0 Å². The van der Waals surface area contributed by atoms with E-state index in [4.69, 9.17) is 15.0 Å². The van der Waals surface area contributed by atoms with Crippen LogP contribution in [0, 0.1) is 0 Å². The van der Waals surface area contributed by atoms with E-state index >= 15 is 0 Å². The summed E-state index contributed by atoms with van der Waals surface area (Å²) in [5.74, 6) is 0. The van der Waals surface area contributed by atoms with Crippen LogP contribution in [-0.2, 0) is 0 Å². The van der Waals surface area contributed by atoms with E-state index in [1.54, 1.807) is 0 Å². The average Bonchev–Trinajstić information content (AvgIpc) is 0.811. The molecule has 0 radical (unpaired) electrons. The Morgan fingerprint density at radius 1 is 1.29 bits per heavy atom. The van der Waals surface area contributed by atoms with Crippen LogP contribution in [0.2, 0.25) is 0 Å². The normalized spacial score (nSPS) is 3.43. The Hall–Kier alpha value is 0.671. The first kappa shape index (κ1) is 25.3. The number of carbonyl (C=O) groups is 1. The molecule has 0 bridgehead atoms. The molecule has 6 heteroatoms. The number of hydrogen-bond donors (Lipinski definition) is 3. The van der Waals surface area contributed by atoms with Crippen LogP contribution in [0.5, 0.6) is 0 Å². The van der Waals surface area contributed by atoms with Gasteiger partial charge in [0.15, 0.2) is 0 Å². The van der Waals surface area contributed by atoms with Crippen LogP contribution in [0.4, 0.5) is 4.79 Å². The second-order valence-electron chi connectivity index (χ2n) is 0.283. The first-order chi connectivity index (χ1) is 1.73.